The molecule has 0 saturated carbocycles. The van der Waals surface area contributed by atoms with Gasteiger partial charge in [-0.3, -0.25) is 0 Å². The molecule has 0 bridgehead atoms. The lowest BCUT2D eigenvalue weighted by molar-refractivity contribution is 0.205. The Morgan fingerprint density at radius 2 is 2.09 bits per heavy atom. The second kappa shape index (κ2) is 7.61. The average Bonchev–Trinajstić information content (AvgIpc) is 2.54. The molecule has 1 heterocycles. The zero-order valence-electron chi connectivity index (χ0n) is 12.2. The van der Waals surface area contributed by atoms with Crippen molar-refractivity contribution in [2.24, 2.45) is 0 Å². The van der Waals surface area contributed by atoms with Crippen molar-refractivity contribution in [2.45, 2.75) is 6.42 Å². The van der Waals surface area contributed by atoms with Crippen LogP contribution in [0.2, 0.25) is 5.02 Å². The number of methoxy groups -OCH3 is 1. The van der Waals surface area contributed by atoms with Gasteiger partial charge in [-0.25, -0.2) is 4.98 Å². The Labute approximate surface area is 134 Å². The molecule has 0 aliphatic heterocycles. The number of hydrogen-bond acceptors (Lipinski definition) is 5. The predicted molar refractivity (Wildman–Crippen MR) is 85.8 cm³/mol. The number of nitriles is 2. The molecule has 5 nitrogen and oxygen atoms in total. The number of nitrogens with zero attached hydrogens (tertiary/aromatic N) is 4. The first-order chi connectivity index (χ1) is 10.7. The summed E-state index contributed by atoms with van der Waals surface area (Å²) in [5, 5.41) is 19.5. The summed E-state index contributed by atoms with van der Waals surface area (Å²) in [4.78, 5) is 6.53. The van der Waals surface area contributed by atoms with Gasteiger partial charge in [0.1, 0.15) is 5.82 Å². The number of fused-ring (bicyclic) bond motifs is 1. The van der Waals surface area contributed by atoms with Gasteiger partial charge in [0, 0.05) is 30.6 Å². The van der Waals surface area contributed by atoms with Crippen molar-refractivity contribution in [3.63, 3.8) is 0 Å². The third kappa shape index (κ3) is 3.65. The molecule has 22 heavy (non-hydrogen) atoms. The number of pyridine rings is 1. The van der Waals surface area contributed by atoms with E-state index in [1.807, 2.05) is 4.90 Å². The van der Waals surface area contributed by atoms with E-state index in [1.54, 1.807) is 31.4 Å². The summed E-state index contributed by atoms with van der Waals surface area (Å²) in [6.07, 6.45) is 0.381. The van der Waals surface area contributed by atoms with E-state index in [2.05, 4.69) is 17.1 Å². The summed E-state index contributed by atoms with van der Waals surface area (Å²) in [6, 6.07) is 11.3. The largest absolute Gasteiger partial charge is 0.383 e. The fourth-order valence-corrected chi connectivity index (χ4v) is 2.34. The molecule has 112 valence electrons. The van der Waals surface area contributed by atoms with E-state index in [0.29, 0.717) is 48.0 Å². The van der Waals surface area contributed by atoms with Gasteiger partial charge in [-0.15, -0.1) is 0 Å². The molecule has 0 saturated heterocycles. The minimum absolute atomic E-state index is 0.381. The van der Waals surface area contributed by atoms with Gasteiger partial charge < -0.3 is 9.64 Å². The van der Waals surface area contributed by atoms with E-state index in [0.717, 1.165) is 5.39 Å². The minimum Gasteiger partial charge on any atom is -0.383 e. The summed E-state index contributed by atoms with van der Waals surface area (Å²) >= 11 is 5.99. The van der Waals surface area contributed by atoms with Gasteiger partial charge in [-0.05, 0) is 24.3 Å². The van der Waals surface area contributed by atoms with Gasteiger partial charge in [0.15, 0.2) is 0 Å². The Kier molecular flexibility index (Phi) is 5.55. The van der Waals surface area contributed by atoms with Gasteiger partial charge in [0.05, 0.1) is 36.2 Å². The van der Waals surface area contributed by atoms with Crippen molar-refractivity contribution in [1.82, 2.24) is 4.98 Å². The van der Waals surface area contributed by atoms with Crippen molar-refractivity contribution < 1.29 is 4.74 Å². The number of anilines is 1. The van der Waals surface area contributed by atoms with E-state index in [4.69, 9.17) is 21.6 Å². The third-order valence-electron chi connectivity index (χ3n) is 3.26. The molecule has 0 aliphatic carbocycles. The van der Waals surface area contributed by atoms with E-state index in [1.165, 1.54) is 0 Å². The topological polar surface area (TPSA) is 72.9 Å². The molecule has 0 aliphatic rings. The van der Waals surface area contributed by atoms with Gasteiger partial charge in [-0.2, -0.15) is 10.5 Å². The normalized spacial score (nSPS) is 10.2. The summed E-state index contributed by atoms with van der Waals surface area (Å²) in [7, 11) is 1.62. The molecule has 2 rings (SSSR count). The Morgan fingerprint density at radius 1 is 1.27 bits per heavy atom. The highest BCUT2D eigenvalue weighted by atomic mass is 35.5. The van der Waals surface area contributed by atoms with Crippen LogP contribution in [-0.4, -0.2) is 31.8 Å². The number of aromatic nitrogens is 1. The van der Waals surface area contributed by atoms with Crippen LogP contribution < -0.4 is 4.90 Å². The second-order valence-electron chi connectivity index (χ2n) is 4.69. The first-order valence-electron chi connectivity index (χ1n) is 6.81. The molecule has 0 radical (unpaired) electrons. The number of ether oxygens (including phenoxy) is 1. The highest BCUT2D eigenvalue weighted by Gasteiger charge is 2.12. The molecule has 0 fully saturated rings. The second-order valence-corrected chi connectivity index (χ2v) is 5.13. The lowest BCUT2D eigenvalue weighted by atomic mass is 10.1. The Hall–Kier alpha value is -2.34. The van der Waals surface area contributed by atoms with Crippen LogP contribution in [-0.2, 0) is 4.74 Å². The van der Waals surface area contributed by atoms with Crippen molar-refractivity contribution in [3.8, 4) is 12.1 Å². The SMILES string of the molecule is COCCN(CCC#N)c1cc(C#N)c2cc(Cl)ccc2n1. The predicted octanol–water partition coefficient (Wildman–Crippen LogP) is 3.13. The van der Waals surface area contributed by atoms with Crippen LogP contribution >= 0.6 is 11.6 Å². The number of halogens is 1. The lowest BCUT2D eigenvalue weighted by Gasteiger charge is -2.23. The Bertz CT molecular complexity index is 748. The standard InChI is InChI=1S/C16H15ClN4O/c1-22-8-7-21(6-2-5-18)16-9-12(11-19)14-10-13(17)3-4-15(14)20-16/h3-4,9-10H,2,6-8H2,1H3. The molecule has 6 heteroatoms. The third-order valence-corrected chi connectivity index (χ3v) is 3.50. The molecule has 2 aromatic rings. The van der Waals surface area contributed by atoms with Crippen LogP contribution in [0, 0.1) is 22.7 Å². The first kappa shape index (κ1) is 16.0. The van der Waals surface area contributed by atoms with Crippen molar-refractivity contribution in [1.29, 1.82) is 10.5 Å². The summed E-state index contributed by atoms with van der Waals surface area (Å²) in [5.41, 5.74) is 1.22. The molecular weight excluding hydrogens is 300 g/mol. The molecule has 0 amide bonds. The quantitative estimate of drug-likeness (QED) is 0.819. The van der Waals surface area contributed by atoms with E-state index < -0.39 is 0 Å². The van der Waals surface area contributed by atoms with Crippen LogP contribution in [0.3, 0.4) is 0 Å². The van der Waals surface area contributed by atoms with Crippen LogP contribution in [0.5, 0.6) is 0 Å². The summed E-state index contributed by atoms with van der Waals surface area (Å²) < 4.78 is 5.10. The molecule has 0 atom stereocenters. The molecule has 1 aromatic carbocycles. The Balaban J connectivity index is 2.46. The maximum Gasteiger partial charge on any atom is 0.130 e. The fourth-order valence-electron chi connectivity index (χ4n) is 2.17. The fraction of sp³-hybridized carbons (Fsp3) is 0.312. The molecular formula is C16H15ClN4O. The van der Waals surface area contributed by atoms with Crippen LogP contribution in [0.15, 0.2) is 24.3 Å². The maximum absolute atomic E-state index is 9.37. The lowest BCUT2D eigenvalue weighted by Crippen LogP contribution is -2.29. The number of rotatable bonds is 6. The van der Waals surface area contributed by atoms with E-state index >= 15 is 0 Å². The van der Waals surface area contributed by atoms with Gasteiger partial charge in [0.25, 0.3) is 0 Å². The van der Waals surface area contributed by atoms with Crippen LogP contribution in [0.25, 0.3) is 10.9 Å². The molecule has 0 N–H and O–H groups in total. The first-order valence-corrected chi connectivity index (χ1v) is 7.18. The molecule has 1 aromatic heterocycles. The number of hydrogen-bond donors (Lipinski definition) is 0. The minimum atomic E-state index is 0.381. The summed E-state index contributed by atoms with van der Waals surface area (Å²) in [5.74, 6) is 0.665. The Morgan fingerprint density at radius 3 is 2.77 bits per heavy atom. The van der Waals surface area contributed by atoms with Crippen LogP contribution in [0.4, 0.5) is 5.82 Å². The molecule has 0 spiro atoms. The van der Waals surface area contributed by atoms with Crippen molar-refractivity contribution in [2.75, 3.05) is 31.7 Å². The maximum atomic E-state index is 9.37. The van der Waals surface area contributed by atoms with E-state index in [9.17, 15) is 5.26 Å². The highest BCUT2D eigenvalue weighted by molar-refractivity contribution is 6.31. The van der Waals surface area contributed by atoms with Gasteiger partial charge in [0.2, 0.25) is 0 Å². The van der Waals surface area contributed by atoms with Crippen LogP contribution in [0.1, 0.15) is 12.0 Å². The average molecular weight is 315 g/mol. The zero-order valence-corrected chi connectivity index (χ0v) is 13.0. The van der Waals surface area contributed by atoms with Gasteiger partial charge in [-0.1, -0.05) is 11.6 Å². The number of benzene rings is 1. The van der Waals surface area contributed by atoms with Crippen molar-refractivity contribution in [3.05, 3.63) is 34.9 Å². The van der Waals surface area contributed by atoms with Gasteiger partial charge >= 0.3 is 0 Å². The zero-order chi connectivity index (χ0) is 15.9. The van der Waals surface area contributed by atoms with Crippen molar-refractivity contribution >= 4 is 28.3 Å². The smallest absolute Gasteiger partial charge is 0.130 e. The molecule has 0 unspecified atom stereocenters. The monoisotopic (exact) mass is 314 g/mol. The summed E-state index contributed by atoms with van der Waals surface area (Å²) in [6.45, 7) is 1.67. The highest BCUT2D eigenvalue weighted by Crippen LogP contribution is 2.25. The van der Waals surface area contributed by atoms with E-state index in [-0.39, 0.29) is 0 Å².